The van der Waals surface area contributed by atoms with E-state index in [4.69, 9.17) is 9.05 Å². The van der Waals surface area contributed by atoms with Crippen LogP contribution in [0.15, 0.2) is 5.57 Å². The monoisotopic (exact) mass is 314 g/mol. The lowest BCUT2D eigenvalue weighted by atomic mass is 10.00. The Bertz CT molecular complexity index is 547. The van der Waals surface area contributed by atoms with E-state index in [0.29, 0.717) is 25.0 Å². The van der Waals surface area contributed by atoms with Crippen LogP contribution in [0.5, 0.6) is 0 Å². The summed E-state index contributed by atoms with van der Waals surface area (Å²) in [5.74, 6) is 1.06. The summed E-state index contributed by atoms with van der Waals surface area (Å²) in [6, 6.07) is 0. The number of aromatic nitrogens is 4. The van der Waals surface area contributed by atoms with Crippen LogP contribution in [0.4, 0.5) is 0 Å². The molecule has 0 fully saturated rings. The standard InChI is InChI=1S/C13H23N4O3P/c1-5-19-21(18,20-6-2)11(4)12-7-10(3)9-17-13(8-12)14-15-16-17/h8,10-11H,5-7,9H2,1-4H3. The predicted octanol–water partition coefficient (Wildman–Crippen LogP) is 2.75. The van der Waals surface area contributed by atoms with Crippen molar-refractivity contribution in [3.05, 3.63) is 11.4 Å². The molecule has 0 N–H and O–H groups in total. The Hall–Kier alpha value is -1.04. The first kappa shape index (κ1) is 16.3. The normalized spacial score (nSPS) is 20.6. The highest BCUT2D eigenvalue weighted by atomic mass is 31.2. The van der Waals surface area contributed by atoms with Crippen LogP contribution in [0.2, 0.25) is 0 Å². The van der Waals surface area contributed by atoms with E-state index in [1.165, 1.54) is 0 Å². The Morgan fingerprint density at radius 2 is 2.10 bits per heavy atom. The third-order valence-corrected chi connectivity index (χ3v) is 6.09. The fraction of sp³-hybridized carbons (Fsp3) is 0.769. The van der Waals surface area contributed by atoms with Gasteiger partial charge < -0.3 is 9.05 Å². The molecular formula is C13H23N4O3P. The molecule has 0 bridgehead atoms. The maximum Gasteiger partial charge on any atom is 0.337 e. The van der Waals surface area contributed by atoms with Crippen molar-refractivity contribution in [2.24, 2.45) is 5.92 Å². The van der Waals surface area contributed by atoms with Gasteiger partial charge in [-0.3, -0.25) is 4.57 Å². The molecule has 8 heteroatoms. The third-order valence-electron chi connectivity index (χ3n) is 3.57. The second-order valence-electron chi connectivity index (χ2n) is 5.30. The summed E-state index contributed by atoms with van der Waals surface area (Å²) in [5, 5.41) is 11.7. The molecule has 0 saturated carbocycles. The molecule has 0 spiro atoms. The van der Waals surface area contributed by atoms with Crippen molar-refractivity contribution >= 4 is 13.7 Å². The molecule has 118 valence electrons. The van der Waals surface area contributed by atoms with E-state index in [9.17, 15) is 4.57 Å². The summed E-state index contributed by atoms with van der Waals surface area (Å²) in [7, 11) is -3.16. The Morgan fingerprint density at radius 3 is 2.71 bits per heavy atom. The van der Waals surface area contributed by atoms with E-state index in [-0.39, 0.29) is 5.66 Å². The first-order valence-corrected chi connectivity index (χ1v) is 8.96. The number of hydrogen-bond acceptors (Lipinski definition) is 6. The molecule has 2 heterocycles. The fourth-order valence-electron chi connectivity index (χ4n) is 2.55. The summed E-state index contributed by atoms with van der Waals surface area (Å²) >= 11 is 0. The first-order chi connectivity index (χ1) is 10.00. The highest BCUT2D eigenvalue weighted by molar-refractivity contribution is 7.54. The average molecular weight is 314 g/mol. The van der Waals surface area contributed by atoms with Crippen LogP contribution in [-0.4, -0.2) is 39.1 Å². The number of fused-ring (bicyclic) bond motifs is 1. The molecule has 1 aromatic heterocycles. The van der Waals surface area contributed by atoms with Gasteiger partial charge in [0.2, 0.25) is 0 Å². The number of hydrogen-bond donors (Lipinski definition) is 0. The Labute approximate surface area is 125 Å². The van der Waals surface area contributed by atoms with Crippen LogP contribution in [-0.2, 0) is 20.2 Å². The van der Waals surface area contributed by atoms with E-state index < -0.39 is 7.60 Å². The van der Waals surface area contributed by atoms with Crippen molar-refractivity contribution in [3.63, 3.8) is 0 Å². The van der Waals surface area contributed by atoms with Crippen LogP contribution in [0.3, 0.4) is 0 Å². The molecule has 7 nitrogen and oxygen atoms in total. The second-order valence-corrected chi connectivity index (χ2v) is 7.67. The zero-order chi connectivity index (χ0) is 15.5. The molecule has 1 aliphatic rings. The van der Waals surface area contributed by atoms with E-state index >= 15 is 0 Å². The van der Waals surface area contributed by atoms with Crippen molar-refractivity contribution < 1.29 is 13.6 Å². The Kier molecular flexibility index (Phi) is 5.30. The van der Waals surface area contributed by atoms with Gasteiger partial charge in [0.1, 0.15) is 0 Å². The summed E-state index contributed by atoms with van der Waals surface area (Å²) in [4.78, 5) is 0. The molecule has 0 amide bonds. The van der Waals surface area contributed by atoms with E-state index in [1.807, 2.05) is 26.8 Å². The second kappa shape index (κ2) is 6.81. The minimum atomic E-state index is -3.16. The molecule has 2 unspecified atom stereocenters. The minimum absolute atomic E-state index is 0.303. The number of tetrazole rings is 1. The van der Waals surface area contributed by atoms with Gasteiger partial charge >= 0.3 is 7.60 Å². The predicted molar refractivity (Wildman–Crippen MR) is 79.9 cm³/mol. The molecule has 2 rings (SSSR count). The first-order valence-electron chi connectivity index (χ1n) is 7.35. The maximum atomic E-state index is 12.9. The van der Waals surface area contributed by atoms with Crippen molar-refractivity contribution in [2.45, 2.75) is 46.3 Å². The van der Waals surface area contributed by atoms with Gasteiger partial charge in [-0.2, -0.15) is 0 Å². The van der Waals surface area contributed by atoms with Crippen LogP contribution >= 0.6 is 7.60 Å². The summed E-state index contributed by atoms with van der Waals surface area (Å²) in [6.45, 7) is 9.15. The van der Waals surface area contributed by atoms with Gasteiger partial charge in [-0.1, -0.05) is 12.5 Å². The van der Waals surface area contributed by atoms with Crippen molar-refractivity contribution in [1.82, 2.24) is 20.2 Å². The lowest BCUT2D eigenvalue weighted by Gasteiger charge is -2.26. The number of allylic oxidation sites excluding steroid dienone is 1. The van der Waals surface area contributed by atoms with Crippen LogP contribution in [0.1, 0.15) is 39.9 Å². The zero-order valence-electron chi connectivity index (χ0n) is 13.0. The average Bonchev–Trinajstić information content (AvgIpc) is 2.78. The minimum Gasteiger partial charge on any atom is -0.308 e. The van der Waals surface area contributed by atoms with E-state index in [1.54, 1.807) is 4.68 Å². The van der Waals surface area contributed by atoms with Crippen LogP contribution < -0.4 is 0 Å². The van der Waals surface area contributed by atoms with Gasteiger partial charge in [-0.05, 0) is 49.6 Å². The third kappa shape index (κ3) is 3.59. The van der Waals surface area contributed by atoms with Gasteiger partial charge in [-0.15, -0.1) is 5.10 Å². The maximum absolute atomic E-state index is 12.9. The molecule has 0 aromatic carbocycles. The lowest BCUT2D eigenvalue weighted by Crippen LogP contribution is -2.15. The van der Waals surface area contributed by atoms with Crippen molar-refractivity contribution in [2.75, 3.05) is 13.2 Å². The summed E-state index contributed by atoms with van der Waals surface area (Å²) in [6.07, 6.45) is 2.73. The highest BCUT2D eigenvalue weighted by Crippen LogP contribution is 2.56. The lowest BCUT2D eigenvalue weighted by molar-refractivity contribution is 0.215. The molecule has 21 heavy (non-hydrogen) atoms. The number of nitrogens with zero attached hydrogens (tertiary/aromatic N) is 4. The SMILES string of the molecule is CCOP(=O)(OCC)C(C)C1=Cc2nnnn2CC(C)C1. The molecule has 1 aromatic rings. The molecule has 0 saturated heterocycles. The molecule has 0 radical (unpaired) electrons. The molecule has 0 aliphatic carbocycles. The van der Waals surface area contributed by atoms with E-state index in [2.05, 4.69) is 22.4 Å². The topological polar surface area (TPSA) is 79.1 Å². The zero-order valence-corrected chi connectivity index (χ0v) is 13.9. The molecular weight excluding hydrogens is 291 g/mol. The number of rotatable bonds is 6. The van der Waals surface area contributed by atoms with Gasteiger partial charge in [-0.25, -0.2) is 4.68 Å². The molecule has 2 atom stereocenters. The summed E-state index contributed by atoms with van der Waals surface area (Å²) in [5.41, 5.74) is 0.712. The van der Waals surface area contributed by atoms with Gasteiger partial charge in [0, 0.05) is 6.54 Å². The van der Waals surface area contributed by atoms with Crippen LogP contribution in [0, 0.1) is 5.92 Å². The largest absolute Gasteiger partial charge is 0.337 e. The van der Waals surface area contributed by atoms with Gasteiger partial charge in [0.15, 0.2) is 5.82 Å². The van der Waals surface area contributed by atoms with Gasteiger partial charge in [0.05, 0.1) is 18.9 Å². The van der Waals surface area contributed by atoms with Crippen molar-refractivity contribution in [1.29, 1.82) is 0 Å². The molecule has 1 aliphatic heterocycles. The highest BCUT2D eigenvalue weighted by Gasteiger charge is 2.35. The fourth-order valence-corrected chi connectivity index (χ4v) is 4.37. The van der Waals surface area contributed by atoms with E-state index in [0.717, 1.165) is 18.5 Å². The Morgan fingerprint density at radius 1 is 1.43 bits per heavy atom. The van der Waals surface area contributed by atoms with Crippen LogP contribution in [0.25, 0.3) is 6.08 Å². The van der Waals surface area contributed by atoms with Gasteiger partial charge in [0.25, 0.3) is 0 Å². The summed E-state index contributed by atoms with van der Waals surface area (Å²) < 4.78 is 25.6. The van der Waals surface area contributed by atoms with Crippen molar-refractivity contribution in [3.8, 4) is 0 Å². The Balaban J connectivity index is 2.32. The quantitative estimate of drug-likeness (QED) is 0.751. The smallest absolute Gasteiger partial charge is 0.308 e.